The molecule has 1 atom stereocenters. The Morgan fingerprint density at radius 3 is 3.00 bits per heavy atom. The van der Waals surface area contributed by atoms with Gasteiger partial charge in [-0.05, 0) is 62.8 Å². The summed E-state index contributed by atoms with van der Waals surface area (Å²) in [6, 6.07) is 5.85. The zero-order valence-electron chi connectivity index (χ0n) is 12.4. The largest absolute Gasteiger partial charge is 0.396 e. The molecule has 1 aromatic heterocycles. The summed E-state index contributed by atoms with van der Waals surface area (Å²) < 4.78 is 0. The van der Waals surface area contributed by atoms with E-state index < -0.39 is 0 Å². The molecule has 4 nitrogen and oxygen atoms in total. The van der Waals surface area contributed by atoms with Crippen molar-refractivity contribution in [2.24, 2.45) is 0 Å². The topological polar surface area (TPSA) is 65.1 Å². The number of rotatable bonds is 4. The van der Waals surface area contributed by atoms with Crippen molar-refractivity contribution in [3.8, 4) is 0 Å². The van der Waals surface area contributed by atoms with E-state index >= 15 is 0 Å². The monoisotopic (exact) mass is 286 g/mol. The highest BCUT2D eigenvalue weighted by Crippen LogP contribution is 2.29. The molecular weight excluding hydrogens is 264 g/mol. The highest BCUT2D eigenvalue weighted by atomic mass is 16.3. The van der Waals surface area contributed by atoms with Gasteiger partial charge in [-0.15, -0.1) is 0 Å². The predicted molar refractivity (Wildman–Crippen MR) is 83.6 cm³/mol. The molecule has 1 unspecified atom stereocenters. The molecule has 0 saturated carbocycles. The van der Waals surface area contributed by atoms with Crippen LogP contribution in [0, 0.1) is 0 Å². The lowest BCUT2D eigenvalue weighted by Crippen LogP contribution is -2.33. The first-order valence-electron chi connectivity index (χ1n) is 7.74. The zero-order chi connectivity index (χ0) is 14.8. The van der Waals surface area contributed by atoms with Gasteiger partial charge in [0.1, 0.15) is 0 Å². The SMILES string of the molecule is CC(CCO)NC(=O)c1ccc2[nH]c3c(c2c1)CCCC3. The summed E-state index contributed by atoms with van der Waals surface area (Å²) in [4.78, 5) is 15.7. The van der Waals surface area contributed by atoms with Gasteiger partial charge in [0.15, 0.2) is 0 Å². The Balaban J connectivity index is 1.88. The minimum atomic E-state index is -0.0661. The Morgan fingerprint density at radius 2 is 2.19 bits per heavy atom. The van der Waals surface area contributed by atoms with Crippen molar-refractivity contribution in [3.05, 3.63) is 35.0 Å². The summed E-state index contributed by atoms with van der Waals surface area (Å²) in [5.74, 6) is -0.0661. The van der Waals surface area contributed by atoms with Gasteiger partial charge in [0.05, 0.1) is 0 Å². The van der Waals surface area contributed by atoms with E-state index in [2.05, 4.69) is 10.3 Å². The van der Waals surface area contributed by atoms with E-state index in [0.29, 0.717) is 12.0 Å². The zero-order valence-corrected chi connectivity index (χ0v) is 12.4. The maximum Gasteiger partial charge on any atom is 0.251 e. The van der Waals surface area contributed by atoms with Crippen LogP contribution in [-0.4, -0.2) is 28.6 Å². The van der Waals surface area contributed by atoms with Crippen molar-refractivity contribution in [2.75, 3.05) is 6.61 Å². The van der Waals surface area contributed by atoms with E-state index in [9.17, 15) is 4.79 Å². The van der Waals surface area contributed by atoms with Gasteiger partial charge in [-0.25, -0.2) is 0 Å². The van der Waals surface area contributed by atoms with Gasteiger partial charge in [0.2, 0.25) is 0 Å². The van der Waals surface area contributed by atoms with Crippen molar-refractivity contribution in [2.45, 2.75) is 45.1 Å². The summed E-state index contributed by atoms with van der Waals surface area (Å²) in [6.07, 6.45) is 5.25. The lowest BCUT2D eigenvalue weighted by molar-refractivity contribution is 0.0934. The fourth-order valence-corrected chi connectivity index (χ4v) is 3.12. The highest BCUT2D eigenvalue weighted by Gasteiger charge is 2.17. The number of H-pyrrole nitrogens is 1. The Labute approximate surface area is 124 Å². The number of aromatic nitrogens is 1. The Morgan fingerprint density at radius 1 is 1.38 bits per heavy atom. The van der Waals surface area contributed by atoms with E-state index in [-0.39, 0.29) is 18.6 Å². The molecular formula is C17H22N2O2. The first kappa shape index (κ1) is 14.1. The molecule has 1 amide bonds. The van der Waals surface area contributed by atoms with E-state index in [0.717, 1.165) is 18.4 Å². The average Bonchev–Trinajstić information content (AvgIpc) is 2.85. The quantitative estimate of drug-likeness (QED) is 0.808. The van der Waals surface area contributed by atoms with E-state index in [1.165, 1.54) is 29.5 Å². The normalized spacial score (nSPS) is 15.7. The molecule has 21 heavy (non-hydrogen) atoms. The molecule has 0 spiro atoms. The Kier molecular flexibility index (Phi) is 3.97. The van der Waals surface area contributed by atoms with E-state index in [1.54, 1.807) is 0 Å². The van der Waals surface area contributed by atoms with Crippen molar-refractivity contribution in [1.29, 1.82) is 0 Å². The van der Waals surface area contributed by atoms with Gasteiger partial charge in [-0.3, -0.25) is 4.79 Å². The van der Waals surface area contributed by atoms with Crippen molar-refractivity contribution >= 4 is 16.8 Å². The summed E-state index contributed by atoms with van der Waals surface area (Å²) >= 11 is 0. The molecule has 3 N–H and O–H groups in total. The summed E-state index contributed by atoms with van der Waals surface area (Å²) in [5, 5.41) is 13.0. The van der Waals surface area contributed by atoms with Crippen molar-refractivity contribution in [1.82, 2.24) is 10.3 Å². The first-order valence-corrected chi connectivity index (χ1v) is 7.74. The molecule has 1 aromatic carbocycles. The number of hydrogen-bond acceptors (Lipinski definition) is 2. The Hall–Kier alpha value is -1.81. The Bertz CT molecular complexity index is 660. The number of carbonyl (C=O) groups excluding carboxylic acids is 1. The van der Waals surface area contributed by atoms with Crippen LogP contribution in [-0.2, 0) is 12.8 Å². The molecule has 0 radical (unpaired) electrons. The fraction of sp³-hybridized carbons (Fsp3) is 0.471. The lowest BCUT2D eigenvalue weighted by Gasteiger charge is -2.13. The second-order valence-corrected chi connectivity index (χ2v) is 5.94. The number of aliphatic hydroxyl groups excluding tert-OH is 1. The van der Waals surface area contributed by atoms with Crippen LogP contribution in [0.25, 0.3) is 10.9 Å². The van der Waals surface area contributed by atoms with Gasteiger partial charge in [0.25, 0.3) is 5.91 Å². The summed E-state index contributed by atoms with van der Waals surface area (Å²) in [5.41, 5.74) is 4.54. The number of carbonyl (C=O) groups is 1. The molecule has 0 saturated heterocycles. The average molecular weight is 286 g/mol. The van der Waals surface area contributed by atoms with Crippen LogP contribution < -0.4 is 5.32 Å². The molecule has 0 fully saturated rings. The smallest absolute Gasteiger partial charge is 0.251 e. The van der Waals surface area contributed by atoms with Crippen LogP contribution in [0.1, 0.15) is 47.8 Å². The maximum atomic E-state index is 12.3. The molecule has 112 valence electrons. The maximum absolute atomic E-state index is 12.3. The number of nitrogens with one attached hydrogen (secondary N) is 2. The molecule has 1 heterocycles. The van der Waals surface area contributed by atoms with Gasteiger partial charge >= 0.3 is 0 Å². The standard InChI is InChI=1S/C17H22N2O2/c1-11(8-9-20)18-17(21)12-6-7-16-14(10-12)13-4-2-3-5-15(13)19-16/h6-7,10-11,19-20H,2-5,8-9H2,1H3,(H,18,21). The number of amides is 1. The third-order valence-corrected chi connectivity index (χ3v) is 4.30. The van der Waals surface area contributed by atoms with Crippen molar-refractivity contribution < 1.29 is 9.90 Å². The fourth-order valence-electron chi connectivity index (χ4n) is 3.12. The van der Waals surface area contributed by atoms with Crippen LogP contribution in [0.5, 0.6) is 0 Å². The predicted octanol–water partition coefficient (Wildman–Crippen LogP) is 2.55. The second kappa shape index (κ2) is 5.90. The molecule has 3 rings (SSSR count). The number of aliphatic hydroxyl groups is 1. The van der Waals surface area contributed by atoms with Gasteiger partial charge in [-0.1, -0.05) is 0 Å². The lowest BCUT2D eigenvalue weighted by atomic mass is 9.95. The van der Waals surface area contributed by atoms with Gasteiger partial charge in [0, 0.05) is 34.8 Å². The number of aryl methyl sites for hydroxylation is 2. The molecule has 2 aromatic rings. The minimum absolute atomic E-state index is 0.0154. The number of aromatic amines is 1. The molecule has 4 heteroatoms. The van der Waals surface area contributed by atoms with E-state index in [1.807, 2.05) is 25.1 Å². The minimum Gasteiger partial charge on any atom is -0.396 e. The van der Waals surface area contributed by atoms with Crippen LogP contribution in [0.15, 0.2) is 18.2 Å². The highest BCUT2D eigenvalue weighted by molar-refractivity contribution is 5.99. The number of benzene rings is 1. The first-order chi connectivity index (χ1) is 10.2. The van der Waals surface area contributed by atoms with Crippen LogP contribution in [0.3, 0.4) is 0 Å². The molecule has 0 aliphatic heterocycles. The van der Waals surface area contributed by atoms with E-state index in [4.69, 9.17) is 5.11 Å². The van der Waals surface area contributed by atoms with Crippen molar-refractivity contribution in [3.63, 3.8) is 0 Å². The summed E-state index contributed by atoms with van der Waals surface area (Å²) in [7, 11) is 0. The van der Waals surface area contributed by atoms with Gasteiger partial charge < -0.3 is 15.4 Å². The van der Waals surface area contributed by atoms with Gasteiger partial charge in [-0.2, -0.15) is 0 Å². The number of fused-ring (bicyclic) bond motifs is 3. The molecule has 1 aliphatic rings. The van der Waals surface area contributed by atoms with Crippen LogP contribution in [0.2, 0.25) is 0 Å². The third kappa shape index (κ3) is 2.81. The van der Waals surface area contributed by atoms with Crippen LogP contribution in [0.4, 0.5) is 0 Å². The number of hydrogen-bond donors (Lipinski definition) is 3. The summed E-state index contributed by atoms with van der Waals surface area (Å²) in [6.45, 7) is 2.00. The second-order valence-electron chi connectivity index (χ2n) is 5.94. The molecule has 1 aliphatic carbocycles. The third-order valence-electron chi connectivity index (χ3n) is 4.30. The van der Waals surface area contributed by atoms with Crippen LogP contribution >= 0.6 is 0 Å². The molecule has 0 bridgehead atoms.